The summed E-state index contributed by atoms with van der Waals surface area (Å²) in [6.45, 7) is 4.36. The van der Waals surface area contributed by atoms with Crippen molar-refractivity contribution < 1.29 is 14.3 Å². The lowest BCUT2D eigenvalue weighted by molar-refractivity contribution is -0.140. The highest BCUT2D eigenvalue weighted by Crippen LogP contribution is 2.20. The Labute approximate surface area is 165 Å². The molecule has 0 bridgehead atoms. The first-order chi connectivity index (χ1) is 13.0. The van der Waals surface area contributed by atoms with Crippen LogP contribution >= 0.6 is 11.6 Å². The zero-order valence-electron chi connectivity index (χ0n) is 15.9. The average molecular weight is 389 g/mol. The van der Waals surface area contributed by atoms with Gasteiger partial charge in [-0.15, -0.1) is 0 Å². The Morgan fingerprint density at radius 1 is 1.15 bits per heavy atom. The van der Waals surface area contributed by atoms with Crippen molar-refractivity contribution in [3.05, 3.63) is 64.7 Å². The molecule has 0 saturated heterocycles. The predicted octanol–water partition coefficient (Wildman–Crippen LogP) is 3.44. The first kappa shape index (κ1) is 20.8. The lowest BCUT2D eigenvalue weighted by Crippen LogP contribution is -2.48. The van der Waals surface area contributed by atoms with Gasteiger partial charge in [0, 0.05) is 18.1 Å². The van der Waals surface area contributed by atoms with E-state index < -0.39 is 6.04 Å². The molecule has 6 heteroatoms. The van der Waals surface area contributed by atoms with E-state index in [1.807, 2.05) is 49.4 Å². The first-order valence-electron chi connectivity index (χ1n) is 8.89. The Morgan fingerprint density at radius 2 is 1.81 bits per heavy atom. The molecule has 2 amide bonds. The van der Waals surface area contributed by atoms with Crippen LogP contribution in [0.25, 0.3) is 0 Å². The first-order valence-corrected chi connectivity index (χ1v) is 9.27. The number of ether oxygens (including phenoxy) is 1. The second kappa shape index (κ2) is 9.97. The normalized spacial score (nSPS) is 11.6. The Kier molecular flexibility index (Phi) is 7.67. The molecule has 1 unspecified atom stereocenters. The highest BCUT2D eigenvalue weighted by Gasteiger charge is 2.26. The average Bonchev–Trinajstić information content (AvgIpc) is 2.67. The number of methoxy groups -OCH3 is 1. The molecule has 0 aliphatic heterocycles. The van der Waals surface area contributed by atoms with Crippen LogP contribution in [0.1, 0.15) is 25.0 Å². The molecule has 0 aromatic heterocycles. The van der Waals surface area contributed by atoms with Gasteiger partial charge in [0.15, 0.2) is 0 Å². The largest absolute Gasteiger partial charge is 0.497 e. The van der Waals surface area contributed by atoms with E-state index in [0.29, 0.717) is 11.6 Å². The second-order valence-electron chi connectivity index (χ2n) is 6.21. The summed E-state index contributed by atoms with van der Waals surface area (Å²) < 4.78 is 5.15. The van der Waals surface area contributed by atoms with Gasteiger partial charge in [0.2, 0.25) is 11.8 Å². The number of carbonyl (C=O) groups is 2. The number of nitrogens with zero attached hydrogens (tertiary/aromatic N) is 1. The molecule has 27 heavy (non-hydrogen) atoms. The van der Waals surface area contributed by atoms with Gasteiger partial charge in [-0.25, -0.2) is 0 Å². The second-order valence-corrected chi connectivity index (χ2v) is 6.62. The zero-order valence-corrected chi connectivity index (χ0v) is 16.6. The molecule has 144 valence electrons. The van der Waals surface area contributed by atoms with E-state index in [-0.39, 0.29) is 24.8 Å². The van der Waals surface area contributed by atoms with E-state index in [1.165, 1.54) is 0 Å². The maximum Gasteiger partial charge on any atom is 0.242 e. The Hall–Kier alpha value is -2.53. The summed E-state index contributed by atoms with van der Waals surface area (Å²) in [5.41, 5.74) is 1.66. The lowest BCUT2D eigenvalue weighted by Gasteiger charge is -2.29. The fourth-order valence-corrected chi connectivity index (χ4v) is 2.93. The van der Waals surface area contributed by atoms with Crippen molar-refractivity contribution in [1.82, 2.24) is 10.2 Å². The molecule has 0 saturated carbocycles. The zero-order chi connectivity index (χ0) is 19.8. The van der Waals surface area contributed by atoms with Gasteiger partial charge >= 0.3 is 0 Å². The van der Waals surface area contributed by atoms with Gasteiger partial charge < -0.3 is 15.0 Å². The molecule has 5 nitrogen and oxygen atoms in total. The third kappa shape index (κ3) is 5.73. The van der Waals surface area contributed by atoms with Crippen molar-refractivity contribution in [2.45, 2.75) is 32.9 Å². The Bertz CT molecular complexity index is 777. The van der Waals surface area contributed by atoms with Gasteiger partial charge in [0.25, 0.3) is 0 Å². The molecule has 0 spiro atoms. The van der Waals surface area contributed by atoms with Crippen LogP contribution in [-0.4, -0.2) is 36.4 Å². The standard InChI is InChI=1S/C21H25ClN2O3/c1-4-23-21(26)15(2)24(14-17-7-5-6-8-19(17)22)20(25)13-16-9-11-18(27-3)12-10-16/h5-12,15H,4,13-14H2,1-3H3,(H,23,26). The summed E-state index contributed by atoms with van der Waals surface area (Å²) in [7, 11) is 1.60. The molecular weight excluding hydrogens is 364 g/mol. The van der Waals surface area contributed by atoms with E-state index in [9.17, 15) is 9.59 Å². The number of hydrogen-bond acceptors (Lipinski definition) is 3. The number of amides is 2. The number of benzene rings is 2. The van der Waals surface area contributed by atoms with Crippen molar-refractivity contribution >= 4 is 23.4 Å². The SMILES string of the molecule is CCNC(=O)C(C)N(Cc1ccccc1Cl)C(=O)Cc1ccc(OC)cc1. The third-order valence-electron chi connectivity index (χ3n) is 4.33. The van der Waals surface area contributed by atoms with E-state index >= 15 is 0 Å². The van der Waals surface area contributed by atoms with Crippen LogP contribution in [0.5, 0.6) is 5.75 Å². The van der Waals surface area contributed by atoms with Crippen molar-refractivity contribution in [3.8, 4) is 5.75 Å². The molecule has 2 rings (SSSR count). The van der Waals surface area contributed by atoms with E-state index in [4.69, 9.17) is 16.3 Å². The number of carbonyl (C=O) groups excluding carboxylic acids is 2. The fourth-order valence-electron chi connectivity index (χ4n) is 2.73. The molecule has 2 aromatic carbocycles. The summed E-state index contributed by atoms with van der Waals surface area (Å²) in [6.07, 6.45) is 0.193. The number of halogens is 1. The number of hydrogen-bond donors (Lipinski definition) is 1. The minimum absolute atomic E-state index is 0.140. The van der Waals surface area contributed by atoms with Crippen LogP contribution in [0.3, 0.4) is 0 Å². The topological polar surface area (TPSA) is 58.6 Å². The maximum absolute atomic E-state index is 13.0. The van der Waals surface area contributed by atoms with Crippen LogP contribution in [0, 0.1) is 0 Å². The predicted molar refractivity (Wildman–Crippen MR) is 107 cm³/mol. The highest BCUT2D eigenvalue weighted by atomic mass is 35.5. The Morgan fingerprint density at radius 3 is 2.41 bits per heavy atom. The number of nitrogens with one attached hydrogen (secondary N) is 1. The number of likely N-dealkylation sites (N-methyl/N-ethyl adjacent to an activating group) is 1. The molecule has 1 N–H and O–H groups in total. The summed E-state index contributed by atoms with van der Waals surface area (Å²) in [5.74, 6) is 0.404. The van der Waals surface area contributed by atoms with Crippen molar-refractivity contribution in [2.75, 3.05) is 13.7 Å². The van der Waals surface area contributed by atoms with Gasteiger partial charge in [0.1, 0.15) is 11.8 Å². The minimum atomic E-state index is -0.605. The van der Waals surface area contributed by atoms with Crippen molar-refractivity contribution in [3.63, 3.8) is 0 Å². The summed E-state index contributed by atoms with van der Waals surface area (Å²) in [5, 5.41) is 3.35. The highest BCUT2D eigenvalue weighted by molar-refractivity contribution is 6.31. The van der Waals surface area contributed by atoms with E-state index in [0.717, 1.165) is 16.9 Å². The molecule has 1 atom stereocenters. The van der Waals surface area contributed by atoms with Gasteiger partial charge in [-0.2, -0.15) is 0 Å². The van der Waals surface area contributed by atoms with Crippen LogP contribution < -0.4 is 10.1 Å². The number of rotatable bonds is 8. The van der Waals surface area contributed by atoms with Crippen LogP contribution in [0.4, 0.5) is 0 Å². The van der Waals surface area contributed by atoms with Crippen molar-refractivity contribution in [1.29, 1.82) is 0 Å². The minimum Gasteiger partial charge on any atom is -0.497 e. The summed E-state index contributed by atoms with van der Waals surface area (Å²) in [6, 6.07) is 14.1. The quantitative estimate of drug-likeness (QED) is 0.753. The molecular formula is C21H25ClN2O3. The van der Waals surface area contributed by atoms with Crippen molar-refractivity contribution in [2.24, 2.45) is 0 Å². The molecule has 0 fully saturated rings. The maximum atomic E-state index is 13.0. The Balaban J connectivity index is 2.22. The fraction of sp³-hybridized carbons (Fsp3) is 0.333. The lowest BCUT2D eigenvalue weighted by atomic mass is 10.1. The molecule has 0 aliphatic carbocycles. The van der Waals surface area contributed by atoms with Crippen LogP contribution in [0.15, 0.2) is 48.5 Å². The molecule has 0 heterocycles. The molecule has 0 radical (unpaired) electrons. The van der Waals surface area contributed by atoms with Gasteiger partial charge in [-0.3, -0.25) is 9.59 Å². The van der Waals surface area contributed by atoms with Crippen LogP contribution in [-0.2, 0) is 22.6 Å². The smallest absolute Gasteiger partial charge is 0.242 e. The molecule has 2 aromatic rings. The summed E-state index contributed by atoms with van der Waals surface area (Å²) in [4.78, 5) is 26.9. The third-order valence-corrected chi connectivity index (χ3v) is 4.70. The summed E-state index contributed by atoms with van der Waals surface area (Å²) >= 11 is 6.26. The van der Waals surface area contributed by atoms with Crippen LogP contribution in [0.2, 0.25) is 5.02 Å². The molecule has 0 aliphatic rings. The van der Waals surface area contributed by atoms with Gasteiger partial charge in [-0.1, -0.05) is 41.9 Å². The van der Waals surface area contributed by atoms with Gasteiger partial charge in [-0.05, 0) is 43.2 Å². The van der Waals surface area contributed by atoms with E-state index in [2.05, 4.69) is 5.32 Å². The monoisotopic (exact) mass is 388 g/mol. The van der Waals surface area contributed by atoms with Gasteiger partial charge in [0.05, 0.1) is 13.5 Å². The van der Waals surface area contributed by atoms with E-state index in [1.54, 1.807) is 25.0 Å².